The molecule has 2 aromatic rings. The smallest absolute Gasteiger partial charge is 0.254 e. The number of morpholine rings is 1. The van der Waals surface area contributed by atoms with Crippen molar-refractivity contribution in [1.29, 1.82) is 0 Å². The van der Waals surface area contributed by atoms with Crippen molar-refractivity contribution >= 4 is 17.5 Å². The average molecular weight is 348 g/mol. The summed E-state index contributed by atoms with van der Waals surface area (Å²) in [6.07, 6.45) is -0.188. The number of rotatable bonds is 3. The van der Waals surface area contributed by atoms with E-state index in [1.165, 1.54) is 13.2 Å². The van der Waals surface area contributed by atoms with E-state index in [-0.39, 0.29) is 17.8 Å². The summed E-state index contributed by atoms with van der Waals surface area (Å²) in [5, 5.41) is 10.5. The minimum atomic E-state index is -0.188. The van der Waals surface area contributed by atoms with Crippen LogP contribution < -0.4 is 4.74 Å². The van der Waals surface area contributed by atoms with Crippen LogP contribution in [-0.2, 0) is 4.74 Å². The van der Waals surface area contributed by atoms with Crippen LogP contribution in [0.3, 0.4) is 0 Å². The molecule has 3 rings (SSSR count). The Morgan fingerprint density at radius 1 is 1.29 bits per heavy atom. The van der Waals surface area contributed by atoms with Crippen LogP contribution in [0.1, 0.15) is 22.0 Å². The number of methoxy groups -OCH3 is 1. The number of phenolic OH excluding ortho intramolecular Hbond substituents is 1. The van der Waals surface area contributed by atoms with Gasteiger partial charge in [-0.25, -0.2) is 0 Å². The van der Waals surface area contributed by atoms with Gasteiger partial charge in [-0.05, 0) is 35.9 Å². The van der Waals surface area contributed by atoms with Gasteiger partial charge in [0.25, 0.3) is 5.91 Å². The Balaban J connectivity index is 1.75. The standard InChI is InChI=1S/C18H18ClNO4/c1-23-16-7-4-13(10-15(16)21)18(22)20-8-9-24-17(11-20)12-2-5-14(19)6-3-12/h2-7,10,17,21H,8-9,11H2,1H3/t17-/m1/s1. The topological polar surface area (TPSA) is 59.0 Å². The van der Waals surface area contributed by atoms with Crippen molar-refractivity contribution in [3.05, 3.63) is 58.6 Å². The van der Waals surface area contributed by atoms with Crippen molar-refractivity contribution in [1.82, 2.24) is 4.90 Å². The van der Waals surface area contributed by atoms with Crippen LogP contribution in [0.15, 0.2) is 42.5 Å². The van der Waals surface area contributed by atoms with Gasteiger partial charge in [0.05, 0.1) is 20.3 Å². The van der Waals surface area contributed by atoms with Gasteiger partial charge >= 0.3 is 0 Å². The van der Waals surface area contributed by atoms with Gasteiger partial charge in [0.15, 0.2) is 11.5 Å². The van der Waals surface area contributed by atoms with Gasteiger partial charge in [0.2, 0.25) is 0 Å². The van der Waals surface area contributed by atoms with Gasteiger partial charge < -0.3 is 19.5 Å². The first-order chi connectivity index (χ1) is 11.6. The van der Waals surface area contributed by atoms with E-state index in [0.29, 0.717) is 36.0 Å². The number of hydrogen-bond donors (Lipinski definition) is 1. The SMILES string of the molecule is COc1ccc(C(=O)N2CCO[C@@H](c3ccc(Cl)cc3)C2)cc1O. The van der Waals surface area contributed by atoms with E-state index in [4.69, 9.17) is 21.1 Å². The highest BCUT2D eigenvalue weighted by molar-refractivity contribution is 6.30. The molecule has 0 bridgehead atoms. The van der Waals surface area contributed by atoms with Crippen molar-refractivity contribution in [2.75, 3.05) is 26.8 Å². The number of carbonyl (C=O) groups is 1. The van der Waals surface area contributed by atoms with Crippen LogP contribution in [0.5, 0.6) is 11.5 Å². The molecule has 1 N–H and O–H groups in total. The maximum Gasteiger partial charge on any atom is 0.254 e. The Morgan fingerprint density at radius 2 is 2.04 bits per heavy atom. The fourth-order valence-electron chi connectivity index (χ4n) is 2.72. The van der Waals surface area contributed by atoms with Gasteiger partial charge in [0, 0.05) is 17.1 Å². The number of amides is 1. The van der Waals surface area contributed by atoms with Gasteiger partial charge in [-0.2, -0.15) is 0 Å². The molecule has 0 aliphatic carbocycles. The lowest BCUT2D eigenvalue weighted by Gasteiger charge is -2.33. The summed E-state index contributed by atoms with van der Waals surface area (Å²) in [5.41, 5.74) is 1.40. The van der Waals surface area contributed by atoms with Gasteiger partial charge in [-0.1, -0.05) is 23.7 Å². The highest BCUT2D eigenvalue weighted by atomic mass is 35.5. The molecule has 0 saturated carbocycles. The number of aromatic hydroxyl groups is 1. The average Bonchev–Trinajstić information content (AvgIpc) is 2.61. The van der Waals surface area contributed by atoms with Crippen molar-refractivity contribution in [2.24, 2.45) is 0 Å². The second-order valence-corrected chi connectivity index (χ2v) is 5.99. The van der Waals surface area contributed by atoms with E-state index in [9.17, 15) is 9.90 Å². The Morgan fingerprint density at radius 3 is 2.71 bits per heavy atom. The lowest BCUT2D eigenvalue weighted by atomic mass is 10.1. The molecule has 1 atom stereocenters. The minimum absolute atomic E-state index is 0.0501. The van der Waals surface area contributed by atoms with E-state index >= 15 is 0 Å². The molecule has 0 radical (unpaired) electrons. The van der Waals surface area contributed by atoms with Crippen LogP contribution >= 0.6 is 11.6 Å². The predicted octanol–water partition coefficient (Wildman–Crippen LogP) is 3.27. The zero-order valence-corrected chi connectivity index (χ0v) is 14.0. The Labute approximate surface area is 145 Å². The number of phenols is 1. The molecule has 0 unspecified atom stereocenters. The predicted molar refractivity (Wildman–Crippen MR) is 90.7 cm³/mol. The normalized spacial score (nSPS) is 17.6. The summed E-state index contributed by atoms with van der Waals surface area (Å²) < 4.78 is 10.8. The first kappa shape index (κ1) is 16.6. The fourth-order valence-corrected chi connectivity index (χ4v) is 2.84. The Kier molecular flexibility index (Phi) is 4.92. The van der Waals surface area contributed by atoms with Gasteiger partial charge in [0.1, 0.15) is 6.10 Å². The minimum Gasteiger partial charge on any atom is -0.504 e. The number of benzene rings is 2. The fraction of sp³-hybridized carbons (Fsp3) is 0.278. The molecule has 2 aromatic carbocycles. The summed E-state index contributed by atoms with van der Waals surface area (Å²) in [4.78, 5) is 14.4. The summed E-state index contributed by atoms with van der Waals surface area (Å²) in [5.74, 6) is 0.147. The highest BCUT2D eigenvalue weighted by Gasteiger charge is 2.26. The maximum absolute atomic E-state index is 12.7. The molecule has 6 heteroatoms. The lowest BCUT2D eigenvalue weighted by Crippen LogP contribution is -2.42. The van der Waals surface area contributed by atoms with Crippen LogP contribution in [0.4, 0.5) is 0 Å². The monoisotopic (exact) mass is 347 g/mol. The van der Waals surface area contributed by atoms with Gasteiger partial charge in [-0.15, -0.1) is 0 Å². The first-order valence-corrected chi connectivity index (χ1v) is 7.99. The number of halogens is 1. The molecule has 1 aliphatic heterocycles. The molecule has 1 fully saturated rings. The number of nitrogens with zero attached hydrogens (tertiary/aromatic N) is 1. The molecule has 1 heterocycles. The molecule has 1 amide bonds. The third-order valence-electron chi connectivity index (χ3n) is 4.02. The highest BCUT2D eigenvalue weighted by Crippen LogP contribution is 2.28. The zero-order valence-electron chi connectivity index (χ0n) is 13.2. The summed E-state index contributed by atoms with van der Waals surface area (Å²) in [6, 6.07) is 12.1. The Hall–Kier alpha value is -2.24. The lowest BCUT2D eigenvalue weighted by molar-refractivity contribution is -0.0228. The van der Waals surface area contributed by atoms with Crippen LogP contribution in [0.2, 0.25) is 5.02 Å². The molecule has 24 heavy (non-hydrogen) atoms. The van der Waals surface area contributed by atoms with Gasteiger partial charge in [-0.3, -0.25) is 4.79 Å². The third-order valence-corrected chi connectivity index (χ3v) is 4.27. The van der Waals surface area contributed by atoms with Crippen LogP contribution in [0.25, 0.3) is 0 Å². The number of hydrogen-bond acceptors (Lipinski definition) is 4. The maximum atomic E-state index is 12.7. The third kappa shape index (κ3) is 3.47. The van der Waals surface area contributed by atoms with E-state index in [2.05, 4.69) is 0 Å². The van der Waals surface area contributed by atoms with E-state index < -0.39 is 0 Å². The van der Waals surface area contributed by atoms with Crippen molar-refractivity contribution in [2.45, 2.75) is 6.10 Å². The van der Waals surface area contributed by atoms with Crippen LogP contribution in [0, 0.1) is 0 Å². The number of carbonyl (C=O) groups excluding carboxylic acids is 1. The zero-order chi connectivity index (χ0) is 17.1. The second kappa shape index (κ2) is 7.11. The van der Waals surface area contributed by atoms with Crippen LogP contribution in [-0.4, -0.2) is 42.7 Å². The molecular formula is C18H18ClNO4. The molecule has 0 aromatic heterocycles. The summed E-state index contributed by atoms with van der Waals surface area (Å²) >= 11 is 5.91. The van der Waals surface area contributed by atoms with Crippen molar-refractivity contribution in [3.8, 4) is 11.5 Å². The van der Waals surface area contributed by atoms with Crippen molar-refractivity contribution in [3.63, 3.8) is 0 Å². The molecule has 5 nitrogen and oxygen atoms in total. The summed E-state index contributed by atoms with van der Waals surface area (Å²) in [7, 11) is 1.47. The molecule has 126 valence electrons. The van der Waals surface area contributed by atoms with E-state index in [1.54, 1.807) is 17.0 Å². The Bertz CT molecular complexity index is 732. The summed E-state index contributed by atoms with van der Waals surface area (Å²) in [6.45, 7) is 1.42. The molecule has 1 aliphatic rings. The molecule has 1 saturated heterocycles. The van der Waals surface area contributed by atoms with Crippen molar-refractivity contribution < 1.29 is 19.4 Å². The van der Waals surface area contributed by atoms with E-state index in [1.807, 2.05) is 24.3 Å². The second-order valence-electron chi connectivity index (χ2n) is 5.55. The quantitative estimate of drug-likeness (QED) is 0.925. The largest absolute Gasteiger partial charge is 0.504 e. The molecular weight excluding hydrogens is 330 g/mol. The first-order valence-electron chi connectivity index (χ1n) is 7.62. The number of ether oxygens (including phenoxy) is 2. The molecule has 0 spiro atoms. The van der Waals surface area contributed by atoms with E-state index in [0.717, 1.165) is 5.56 Å².